The number of aliphatic hydroxyl groups is 1. The minimum absolute atomic E-state index is 0.270. The van der Waals surface area contributed by atoms with Crippen LogP contribution in [0.3, 0.4) is 0 Å². The van der Waals surface area contributed by atoms with Crippen LogP contribution in [0.2, 0.25) is 0 Å². The van der Waals surface area contributed by atoms with Crippen LogP contribution in [0, 0.1) is 0 Å². The largest absolute Gasteiger partial charge is 0.512 e. The molecule has 0 saturated carbocycles. The summed E-state index contributed by atoms with van der Waals surface area (Å²) in [7, 11) is 0. The molecule has 0 saturated heterocycles. The van der Waals surface area contributed by atoms with Gasteiger partial charge < -0.3 is 9.84 Å². The van der Waals surface area contributed by atoms with Gasteiger partial charge in [-0.1, -0.05) is 70.4 Å². The predicted octanol–water partition coefficient (Wildman–Crippen LogP) is 6.60. The van der Waals surface area contributed by atoms with Crippen molar-refractivity contribution < 1.29 is 14.6 Å². The van der Waals surface area contributed by atoms with E-state index in [2.05, 4.69) is 23.8 Å². The highest BCUT2D eigenvalue weighted by Gasteiger charge is 2.00. The number of ether oxygens (including phenoxy) is 1. The van der Waals surface area contributed by atoms with E-state index in [4.69, 9.17) is 5.11 Å². The lowest BCUT2D eigenvalue weighted by Gasteiger charge is -2.00. The summed E-state index contributed by atoms with van der Waals surface area (Å²) in [6.45, 7) is 2.26. The molecule has 0 radical (unpaired) electrons. The first-order chi connectivity index (χ1) is 11.3. The fourth-order valence-electron chi connectivity index (χ4n) is 2.51. The summed E-state index contributed by atoms with van der Waals surface area (Å²) in [5.41, 5.74) is 0. The molecule has 0 fully saturated rings. The zero-order valence-electron chi connectivity index (χ0n) is 15.0. The molecule has 0 unspecified atom stereocenters. The van der Waals surface area contributed by atoms with Crippen LogP contribution in [0.4, 0.5) is 0 Å². The van der Waals surface area contributed by atoms with Gasteiger partial charge in [-0.3, -0.25) is 4.79 Å². The second-order valence-electron chi connectivity index (χ2n) is 6.11. The maximum absolute atomic E-state index is 11.1. The first-order valence-corrected chi connectivity index (χ1v) is 9.45. The van der Waals surface area contributed by atoms with E-state index in [-0.39, 0.29) is 5.97 Å². The van der Waals surface area contributed by atoms with Crippen LogP contribution in [-0.2, 0) is 9.53 Å². The van der Waals surface area contributed by atoms with Crippen LogP contribution in [0.25, 0.3) is 0 Å². The van der Waals surface area contributed by atoms with Crippen LogP contribution in [0.1, 0.15) is 96.8 Å². The first-order valence-electron chi connectivity index (χ1n) is 9.45. The molecule has 0 aliphatic heterocycles. The van der Waals surface area contributed by atoms with E-state index in [0.717, 1.165) is 25.4 Å². The third kappa shape index (κ3) is 18.7. The molecule has 0 aliphatic rings. The van der Waals surface area contributed by atoms with E-state index < -0.39 is 0 Å². The van der Waals surface area contributed by atoms with Crippen molar-refractivity contribution in [3.8, 4) is 0 Å². The van der Waals surface area contributed by atoms with Crippen molar-refractivity contribution in [2.45, 2.75) is 96.8 Å². The number of unbranched alkanes of at least 4 members (excludes halogenated alkanes) is 11. The minimum Gasteiger partial charge on any atom is -0.512 e. The Hall–Kier alpha value is -1.25. The molecule has 134 valence electrons. The van der Waals surface area contributed by atoms with E-state index in [9.17, 15) is 4.79 Å². The Morgan fingerprint density at radius 2 is 1.35 bits per heavy atom. The Labute approximate surface area is 142 Å². The van der Waals surface area contributed by atoms with Crippen molar-refractivity contribution in [3.05, 3.63) is 24.7 Å². The second kappa shape index (κ2) is 18.8. The summed E-state index contributed by atoms with van der Waals surface area (Å²) < 4.78 is 4.63. The molecule has 0 aromatic carbocycles. The van der Waals surface area contributed by atoms with Crippen LogP contribution in [0.15, 0.2) is 24.7 Å². The third-order valence-electron chi connectivity index (χ3n) is 3.90. The Balaban J connectivity index is 3.17. The maximum Gasteiger partial charge on any atom is 0.310 e. The van der Waals surface area contributed by atoms with Crippen molar-refractivity contribution >= 4 is 5.97 Å². The molecule has 0 amide bonds. The maximum atomic E-state index is 11.1. The molecule has 0 atom stereocenters. The highest BCUT2D eigenvalue weighted by atomic mass is 16.5. The Bertz CT molecular complexity index is 308. The standard InChI is InChI=1S/C20H36O3/c1-2-3-4-5-6-7-8-9-10-11-12-13-14-15-16-17-20(22)23-19-18-21/h9-10,18-19,21H,2-8,11-17H2,1H3/b10-9-,19-18?. The normalized spacial score (nSPS) is 11.5. The van der Waals surface area contributed by atoms with Crippen LogP contribution >= 0.6 is 0 Å². The van der Waals surface area contributed by atoms with E-state index in [0.29, 0.717) is 6.42 Å². The quantitative estimate of drug-likeness (QED) is 0.151. The average molecular weight is 325 g/mol. The van der Waals surface area contributed by atoms with Crippen LogP contribution in [-0.4, -0.2) is 11.1 Å². The number of aliphatic hydroxyl groups excluding tert-OH is 1. The molecule has 0 aliphatic carbocycles. The number of allylic oxidation sites excluding steroid dienone is 2. The van der Waals surface area contributed by atoms with Crippen molar-refractivity contribution in [2.75, 3.05) is 0 Å². The van der Waals surface area contributed by atoms with E-state index in [1.807, 2.05) is 0 Å². The molecule has 3 nitrogen and oxygen atoms in total. The van der Waals surface area contributed by atoms with Gasteiger partial charge in [-0.25, -0.2) is 0 Å². The lowest BCUT2D eigenvalue weighted by atomic mass is 10.1. The number of rotatable bonds is 16. The SMILES string of the molecule is CCCCCCCC/C=C\CCCCCCCC(=O)OC=CO. The summed E-state index contributed by atoms with van der Waals surface area (Å²) in [4.78, 5) is 11.1. The van der Waals surface area contributed by atoms with Gasteiger partial charge in [0.05, 0.1) is 0 Å². The number of carbonyl (C=O) groups excluding carboxylic acids is 1. The van der Waals surface area contributed by atoms with Gasteiger partial charge in [0.2, 0.25) is 0 Å². The number of hydrogen-bond donors (Lipinski definition) is 1. The third-order valence-corrected chi connectivity index (χ3v) is 3.90. The zero-order chi connectivity index (χ0) is 17.0. The summed E-state index contributed by atoms with van der Waals surface area (Å²) in [5, 5.41) is 8.36. The first kappa shape index (κ1) is 21.8. The Kier molecular flexibility index (Phi) is 17.8. The van der Waals surface area contributed by atoms with Crippen molar-refractivity contribution in [2.24, 2.45) is 0 Å². The molecule has 23 heavy (non-hydrogen) atoms. The average Bonchev–Trinajstić information content (AvgIpc) is 2.56. The van der Waals surface area contributed by atoms with Gasteiger partial charge in [-0.2, -0.15) is 0 Å². The lowest BCUT2D eigenvalue weighted by molar-refractivity contribution is -0.138. The van der Waals surface area contributed by atoms with Gasteiger partial charge >= 0.3 is 5.97 Å². The zero-order valence-corrected chi connectivity index (χ0v) is 15.0. The number of carbonyl (C=O) groups is 1. The number of hydrogen-bond acceptors (Lipinski definition) is 3. The molecular formula is C20H36O3. The van der Waals surface area contributed by atoms with E-state index >= 15 is 0 Å². The van der Waals surface area contributed by atoms with E-state index in [1.54, 1.807) is 0 Å². The van der Waals surface area contributed by atoms with Gasteiger partial charge in [0.1, 0.15) is 12.5 Å². The summed E-state index contributed by atoms with van der Waals surface area (Å²) in [6, 6.07) is 0. The highest BCUT2D eigenvalue weighted by Crippen LogP contribution is 2.10. The van der Waals surface area contributed by atoms with Crippen molar-refractivity contribution in [1.82, 2.24) is 0 Å². The second-order valence-corrected chi connectivity index (χ2v) is 6.11. The Morgan fingerprint density at radius 3 is 1.91 bits per heavy atom. The summed E-state index contributed by atoms with van der Waals surface area (Å²) in [6.07, 6.45) is 23.1. The van der Waals surface area contributed by atoms with Crippen LogP contribution in [0.5, 0.6) is 0 Å². The molecule has 0 bridgehead atoms. The summed E-state index contributed by atoms with van der Waals surface area (Å²) in [5.74, 6) is -0.270. The lowest BCUT2D eigenvalue weighted by Crippen LogP contribution is -1.98. The molecule has 0 spiro atoms. The minimum atomic E-state index is -0.270. The van der Waals surface area contributed by atoms with Crippen molar-refractivity contribution in [3.63, 3.8) is 0 Å². The monoisotopic (exact) mass is 324 g/mol. The summed E-state index contributed by atoms with van der Waals surface area (Å²) >= 11 is 0. The fourth-order valence-corrected chi connectivity index (χ4v) is 2.51. The van der Waals surface area contributed by atoms with Gasteiger partial charge in [-0.15, -0.1) is 0 Å². The molecular weight excluding hydrogens is 288 g/mol. The van der Waals surface area contributed by atoms with E-state index in [1.165, 1.54) is 70.6 Å². The highest BCUT2D eigenvalue weighted by molar-refractivity contribution is 5.69. The predicted molar refractivity (Wildman–Crippen MR) is 97.3 cm³/mol. The van der Waals surface area contributed by atoms with Crippen molar-refractivity contribution in [1.29, 1.82) is 0 Å². The molecule has 0 rings (SSSR count). The number of esters is 1. The smallest absolute Gasteiger partial charge is 0.310 e. The van der Waals surface area contributed by atoms with Gasteiger partial charge in [0.15, 0.2) is 0 Å². The van der Waals surface area contributed by atoms with Gasteiger partial charge in [0.25, 0.3) is 0 Å². The molecule has 3 heteroatoms. The fraction of sp³-hybridized carbons (Fsp3) is 0.750. The van der Waals surface area contributed by atoms with Gasteiger partial charge in [-0.05, 0) is 32.1 Å². The topological polar surface area (TPSA) is 46.5 Å². The molecule has 0 aromatic rings. The molecule has 1 N–H and O–H groups in total. The Morgan fingerprint density at radius 1 is 0.826 bits per heavy atom. The molecule has 0 heterocycles. The molecule has 0 aromatic heterocycles. The van der Waals surface area contributed by atoms with Gasteiger partial charge in [0, 0.05) is 6.42 Å². The van der Waals surface area contributed by atoms with Crippen LogP contribution < -0.4 is 0 Å².